The number of nitrogens with one attached hydrogen (secondary N) is 1. The van der Waals surface area contributed by atoms with Crippen LogP contribution < -0.4 is 10.2 Å². The number of halogens is 1. The minimum Gasteiger partial charge on any atom is -0.363 e. The third-order valence-electron chi connectivity index (χ3n) is 3.81. The van der Waals surface area contributed by atoms with E-state index in [0.717, 1.165) is 24.1 Å². The smallest absolute Gasteiger partial charge is 0.0526 e. The lowest BCUT2D eigenvalue weighted by Crippen LogP contribution is -2.26. The molecular weight excluding hydrogens is 344 g/mol. The molecule has 1 aromatic carbocycles. The summed E-state index contributed by atoms with van der Waals surface area (Å²) in [7, 11) is 0. The van der Waals surface area contributed by atoms with Crippen LogP contribution in [0.2, 0.25) is 0 Å². The van der Waals surface area contributed by atoms with Gasteiger partial charge >= 0.3 is 0 Å². The number of hydrogen-bond acceptors (Lipinski definition) is 3. The summed E-state index contributed by atoms with van der Waals surface area (Å²) >= 11 is 5.46. The van der Waals surface area contributed by atoms with Crippen LogP contribution in [0.25, 0.3) is 0 Å². The van der Waals surface area contributed by atoms with Gasteiger partial charge in [0.25, 0.3) is 0 Å². The van der Waals surface area contributed by atoms with E-state index >= 15 is 0 Å². The van der Waals surface area contributed by atoms with E-state index in [0.29, 0.717) is 6.04 Å². The Morgan fingerprint density at radius 3 is 2.86 bits per heavy atom. The van der Waals surface area contributed by atoms with Crippen molar-refractivity contribution in [2.24, 2.45) is 0 Å². The molecule has 0 aliphatic heterocycles. The molecule has 0 bridgehead atoms. The lowest BCUT2D eigenvalue weighted by atomic mass is 10.1. The highest BCUT2D eigenvalue weighted by Crippen LogP contribution is 2.36. The van der Waals surface area contributed by atoms with Crippen molar-refractivity contribution in [3.05, 3.63) is 50.6 Å². The maximum Gasteiger partial charge on any atom is 0.0526 e. The Labute approximate surface area is 139 Å². The van der Waals surface area contributed by atoms with Gasteiger partial charge in [-0.3, -0.25) is 0 Å². The maximum atomic E-state index is 3.61. The predicted octanol–water partition coefficient (Wildman–Crippen LogP) is 4.79. The van der Waals surface area contributed by atoms with Crippen molar-refractivity contribution in [1.82, 2.24) is 5.32 Å². The summed E-state index contributed by atoms with van der Waals surface area (Å²) in [6.45, 7) is 5.12. The molecule has 1 aromatic heterocycles. The molecule has 1 fully saturated rings. The summed E-state index contributed by atoms with van der Waals surface area (Å²) in [4.78, 5) is 4.03. The highest BCUT2D eigenvalue weighted by molar-refractivity contribution is 9.10. The highest BCUT2D eigenvalue weighted by atomic mass is 79.9. The zero-order valence-electron chi connectivity index (χ0n) is 12.3. The fourth-order valence-electron chi connectivity index (χ4n) is 2.60. The molecule has 1 saturated carbocycles. The van der Waals surface area contributed by atoms with Gasteiger partial charge in [-0.05, 0) is 54.6 Å². The number of hydrogen-bond donors (Lipinski definition) is 1. The van der Waals surface area contributed by atoms with Crippen LogP contribution in [0.1, 0.15) is 30.2 Å². The van der Waals surface area contributed by atoms with E-state index in [1.54, 1.807) is 0 Å². The molecule has 1 aliphatic carbocycles. The molecule has 1 aliphatic rings. The average Bonchev–Trinajstić information content (AvgIpc) is 3.20. The number of nitrogens with zero attached hydrogens (tertiary/aromatic N) is 1. The van der Waals surface area contributed by atoms with Crippen molar-refractivity contribution in [2.45, 2.75) is 38.9 Å². The highest BCUT2D eigenvalue weighted by Gasteiger charge is 2.30. The first kappa shape index (κ1) is 15.1. The second-order valence-corrected chi connectivity index (χ2v) is 7.44. The minimum absolute atomic E-state index is 0.716. The third kappa shape index (κ3) is 3.87. The van der Waals surface area contributed by atoms with Crippen molar-refractivity contribution < 1.29 is 0 Å². The van der Waals surface area contributed by atoms with Crippen molar-refractivity contribution >= 4 is 33.0 Å². The van der Waals surface area contributed by atoms with E-state index < -0.39 is 0 Å². The van der Waals surface area contributed by atoms with E-state index in [1.807, 2.05) is 11.3 Å². The van der Waals surface area contributed by atoms with E-state index in [-0.39, 0.29) is 0 Å². The second-order valence-electron chi connectivity index (χ2n) is 5.49. The standard InChI is InChI=1S/C17H21BrN2S/c1-2-19-11-13-10-14(18)5-8-17(13)20(15-6-7-15)12-16-4-3-9-21-16/h3-5,8-10,15,19H,2,6-7,11-12H2,1H3. The molecule has 1 N–H and O–H groups in total. The van der Waals surface area contributed by atoms with Gasteiger partial charge in [0.05, 0.1) is 6.54 Å². The fraction of sp³-hybridized carbons (Fsp3) is 0.412. The second kappa shape index (κ2) is 6.95. The Hall–Kier alpha value is -0.840. The molecule has 0 amide bonds. The van der Waals surface area contributed by atoms with E-state index in [9.17, 15) is 0 Å². The van der Waals surface area contributed by atoms with Crippen molar-refractivity contribution in [1.29, 1.82) is 0 Å². The average molecular weight is 365 g/mol. The Balaban J connectivity index is 1.87. The van der Waals surface area contributed by atoms with E-state index in [2.05, 4.69) is 68.8 Å². The maximum absolute atomic E-state index is 3.61. The van der Waals surface area contributed by atoms with Crippen LogP contribution in [0.4, 0.5) is 5.69 Å². The lowest BCUT2D eigenvalue weighted by Gasteiger charge is -2.27. The Morgan fingerprint density at radius 2 is 2.19 bits per heavy atom. The van der Waals surface area contributed by atoms with Crippen LogP contribution in [-0.4, -0.2) is 12.6 Å². The molecule has 0 spiro atoms. The summed E-state index contributed by atoms with van der Waals surface area (Å²) in [5.74, 6) is 0. The zero-order valence-corrected chi connectivity index (χ0v) is 14.7. The molecule has 4 heteroatoms. The molecule has 112 valence electrons. The SMILES string of the molecule is CCNCc1cc(Br)ccc1N(Cc1cccs1)C1CC1. The number of rotatable bonds is 7. The van der Waals surface area contributed by atoms with E-state index in [1.165, 1.54) is 29.0 Å². The van der Waals surface area contributed by atoms with E-state index in [4.69, 9.17) is 0 Å². The molecular formula is C17H21BrN2S. The Bertz CT molecular complexity index is 578. The minimum atomic E-state index is 0.716. The van der Waals surface area contributed by atoms with Gasteiger partial charge in [0, 0.05) is 27.6 Å². The topological polar surface area (TPSA) is 15.3 Å². The van der Waals surface area contributed by atoms with Crippen molar-refractivity contribution in [3.8, 4) is 0 Å². The molecule has 0 atom stereocenters. The third-order valence-corrected chi connectivity index (χ3v) is 5.16. The molecule has 2 nitrogen and oxygen atoms in total. The molecule has 3 rings (SSSR count). The molecule has 1 heterocycles. The monoisotopic (exact) mass is 364 g/mol. The quantitative estimate of drug-likeness (QED) is 0.759. The first-order valence-electron chi connectivity index (χ1n) is 7.56. The predicted molar refractivity (Wildman–Crippen MR) is 95.0 cm³/mol. The van der Waals surface area contributed by atoms with Crippen LogP contribution in [0.3, 0.4) is 0 Å². The van der Waals surface area contributed by atoms with Crippen molar-refractivity contribution in [3.63, 3.8) is 0 Å². The molecule has 0 radical (unpaired) electrons. The van der Waals surface area contributed by atoms with Gasteiger partial charge < -0.3 is 10.2 Å². The van der Waals surface area contributed by atoms with Crippen molar-refractivity contribution in [2.75, 3.05) is 11.4 Å². The van der Waals surface area contributed by atoms with Gasteiger partial charge in [0.1, 0.15) is 0 Å². The lowest BCUT2D eigenvalue weighted by molar-refractivity contribution is 0.715. The van der Waals surface area contributed by atoms with Gasteiger partial charge in [0.2, 0.25) is 0 Å². The van der Waals surface area contributed by atoms with Crippen LogP contribution in [-0.2, 0) is 13.1 Å². The molecule has 21 heavy (non-hydrogen) atoms. The van der Waals surface area contributed by atoms with Gasteiger partial charge in [-0.25, -0.2) is 0 Å². The normalized spacial score (nSPS) is 14.4. The largest absolute Gasteiger partial charge is 0.363 e. The molecule has 0 saturated heterocycles. The summed E-state index contributed by atoms with van der Waals surface area (Å²) < 4.78 is 1.16. The summed E-state index contributed by atoms with van der Waals surface area (Å²) in [6, 6.07) is 11.8. The van der Waals surface area contributed by atoms with Gasteiger partial charge in [-0.1, -0.05) is 28.9 Å². The van der Waals surface area contributed by atoms with Gasteiger partial charge in [0.15, 0.2) is 0 Å². The van der Waals surface area contributed by atoms with Gasteiger partial charge in [-0.15, -0.1) is 11.3 Å². The molecule has 0 unspecified atom stereocenters. The first-order valence-corrected chi connectivity index (χ1v) is 9.23. The number of anilines is 1. The summed E-state index contributed by atoms with van der Waals surface area (Å²) in [6.07, 6.45) is 2.64. The van der Waals surface area contributed by atoms with Crippen LogP contribution in [0.5, 0.6) is 0 Å². The van der Waals surface area contributed by atoms with Gasteiger partial charge in [-0.2, -0.15) is 0 Å². The first-order chi connectivity index (χ1) is 10.3. The number of benzene rings is 1. The zero-order chi connectivity index (χ0) is 14.7. The summed E-state index contributed by atoms with van der Waals surface area (Å²) in [5.41, 5.74) is 2.77. The van der Waals surface area contributed by atoms with Crippen LogP contribution >= 0.6 is 27.3 Å². The number of thiophene rings is 1. The molecule has 2 aromatic rings. The summed E-state index contributed by atoms with van der Waals surface area (Å²) in [5, 5.41) is 5.63. The van der Waals surface area contributed by atoms with Crippen LogP contribution in [0.15, 0.2) is 40.2 Å². The Morgan fingerprint density at radius 1 is 1.33 bits per heavy atom. The Kier molecular flexibility index (Phi) is 4.99. The fourth-order valence-corrected chi connectivity index (χ4v) is 3.71. The van der Waals surface area contributed by atoms with Crippen LogP contribution in [0, 0.1) is 0 Å².